The van der Waals surface area contributed by atoms with E-state index in [1.54, 1.807) is 36.4 Å². The molecule has 1 heterocycles. The molecule has 0 aliphatic carbocycles. The molecule has 0 atom stereocenters. The third-order valence-electron chi connectivity index (χ3n) is 4.75. The molecule has 1 saturated heterocycles. The summed E-state index contributed by atoms with van der Waals surface area (Å²) in [5, 5.41) is 5.47. The topological polar surface area (TPSA) is 97.0 Å². The first-order chi connectivity index (χ1) is 14.9. The van der Waals surface area contributed by atoms with Gasteiger partial charge in [-0.05, 0) is 61.5 Å². The molecule has 1 amide bonds. The highest BCUT2D eigenvalue weighted by Gasteiger charge is 2.25. The van der Waals surface area contributed by atoms with E-state index in [0.717, 1.165) is 19.3 Å². The maximum absolute atomic E-state index is 12.7. The molecule has 2 aromatic rings. The molecular formula is C21H25N3O5S2. The zero-order chi connectivity index (χ0) is 22.3. The minimum Gasteiger partial charge on any atom is -0.493 e. The van der Waals surface area contributed by atoms with Gasteiger partial charge in [-0.3, -0.25) is 10.1 Å². The number of piperidine rings is 1. The third-order valence-corrected chi connectivity index (χ3v) is 6.86. The van der Waals surface area contributed by atoms with Gasteiger partial charge in [-0.25, -0.2) is 8.42 Å². The van der Waals surface area contributed by atoms with E-state index in [0.29, 0.717) is 30.3 Å². The van der Waals surface area contributed by atoms with Crippen LogP contribution in [0.3, 0.4) is 0 Å². The molecule has 0 spiro atoms. The fourth-order valence-corrected chi connectivity index (χ4v) is 4.92. The number of amides is 1. The normalized spacial score (nSPS) is 14.5. The number of sulfonamides is 1. The lowest BCUT2D eigenvalue weighted by molar-refractivity contribution is -0.121. The van der Waals surface area contributed by atoms with Gasteiger partial charge in [0.1, 0.15) is 0 Å². The van der Waals surface area contributed by atoms with Crippen LogP contribution in [0.5, 0.6) is 11.5 Å². The Balaban J connectivity index is 1.51. The third kappa shape index (κ3) is 6.16. The van der Waals surface area contributed by atoms with Gasteiger partial charge in [-0.15, -0.1) is 0 Å². The SMILES string of the molecule is COc1ccccc1OCC(=O)NC(=S)Nc1ccc(S(=O)(=O)N2CCCCC2)cc1. The molecule has 0 radical (unpaired) electrons. The number of carbonyl (C=O) groups is 1. The molecule has 1 aliphatic rings. The Labute approximate surface area is 187 Å². The van der Waals surface area contributed by atoms with Gasteiger partial charge in [-0.1, -0.05) is 18.6 Å². The van der Waals surface area contributed by atoms with E-state index in [-0.39, 0.29) is 16.6 Å². The molecule has 0 bridgehead atoms. The summed E-state index contributed by atoms with van der Waals surface area (Å²) in [5.74, 6) is 0.535. The minimum atomic E-state index is -3.49. The zero-order valence-electron chi connectivity index (χ0n) is 17.2. The molecule has 1 aliphatic heterocycles. The first-order valence-electron chi connectivity index (χ1n) is 9.87. The second-order valence-corrected chi connectivity index (χ2v) is 9.28. The molecule has 3 rings (SSSR count). The summed E-state index contributed by atoms with van der Waals surface area (Å²) in [5.41, 5.74) is 0.563. The summed E-state index contributed by atoms with van der Waals surface area (Å²) in [6.45, 7) is 0.861. The van der Waals surface area contributed by atoms with Crippen molar-refractivity contribution in [3.8, 4) is 11.5 Å². The van der Waals surface area contributed by atoms with Crippen LogP contribution in [0.2, 0.25) is 0 Å². The zero-order valence-corrected chi connectivity index (χ0v) is 18.8. The van der Waals surface area contributed by atoms with Gasteiger partial charge in [0.15, 0.2) is 23.2 Å². The van der Waals surface area contributed by atoms with Crippen LogP contribution < -0.4 is 20.1 Å². The Hall–Kier alpha value is -2.69. The Morgan fingerprint density at radius 2 is 1.68 bits per heavy atom. The first kappa shape index (κ1) is 23.0. The maximum Gasteiger partial charge on any atom is 0.264 e. The van der Waals surface area contributed by atoms with Crippen molar-refractivity contribution in [1.82, 2.24) is 9.62 Å². The van der Waals surface area contributed by atoms with Crippen molar-refractivity contribution in [3.05, 3.63) is 48.5 Å². The van der Waals surface area contributed by atoms with Crippen molar-refractivity contribution < 1.29 is 22.7 Å². The van der Waals surface area contributed by atoms with Crippen molar-refractivity contribution >= 4 is 38.9 Å². The standard InChI is InChI=1S/C21H25N3O5S2/c1-28-18-7-3-4-8-19(18)29-15-20(25)23-21(30)22-16-9-11-17(12-10-16)31(26,27)24-13-5-2-6-14-24/h3-4,7-12H,2,5-6,13-15H2,1H3,(H2,22,23,25,30). The molecule has 0 unspecified atom stereocenters. The van der Waals surface area contributed by atoms with Crippen molar-refractivity contribution in [2.45, 2.75) is 24.2 Å². The van der Waals surface area contributed by atoms with Gasteiger partial charge in [0.05, 0.1) is 12.0 Å². The van der Waals surface area contributed by atoms with Gasteiger partial charge >= 0.3 is 0 Å². The van der Waals surface area contributed by atoms with Gasteiger partial charge in [0.2, 0.25) is 10.0 Å². The van der Waals surface area contributed by atoms with Crippen molar-refractivity contribution in [2.75, 3.05) is 32.1 Å². The Kier molecular flexibility index (Phi) is 7.83. The molecule has 1 fully saturated rings. The number of hydrogen-bond donors (Lipinski definition) is 2. The Morgan fingerprint density at radius 3 is 2.32 bits per heavy atom. The monoisotopic (exact) mass is 463 g/mol. The number of rotatable bonds is 7. The molecule has 2 N–H and O–H groups in total. The van der Waals surface area contributed by atoms with Crippen molar-refractivity contribution in [2.24, 2.45) is 0 Å². The number of carbonyl (C=O) groups excluding carboxylic acids is 1. The minimum absolute atomic E-state index is 0.0836. The lowest BCUT2D eigenvalue weighted by Gasteiger charge is -2.25. The number of para-hydroxylation sites is 2. The number of anilines is 1. The van der Waals surface area contributed by atoms with Crippen LogP contribution in [0.4, 0.5) is 5.69 Å². The molecule has 31 heavy (non-hydrogen) atoms. The molecule has 2 aromatic carbocycles. The van der Waals surface area contributed by atoms with E-state index < -0.39 is 15.9 Å². The van der Waals surface area contributed by atoms with Gasteiger partial charge in [0.25, 0.3) is 5.91 Å². The number of nitrogens with one attached hydrogen (secondary N) is 2. The highest BCUT2D eigenvalue weighted by molar-refractivity contribution is 7.89. The second-order valence-electron chi connectivity index (χ2n) is 6.93. The van der Waals surface area contributed by atoms with Crippen LogP contribution in [-0.2, 0) is 14.8 Å². The van der Waals surface area contributed by atoms with Crippen molar-refractivity contribution in [1.29, 1.82) is 0 Å². The molecule has 0 saturated carbocycles. The predicted molar refractivity (Wildman–Crippen MR) is 122 cm³/mol. The summed E-state index contributed by atoms with van der Waals surface area (Å²) in [7, 11) is -1.97. The van der Waals surface area contributed by atoms with Crippen LogP contribution in [0.1, 0.15) is 19.3 Å². The van der Waals surface area contributed by atoms with E-state index in [1.807, 2.05) is 0 Å². The van der Waals surface area contributed by atoms with Crippen LogP contribution in [0, 0.1) is 0 Å². The number of methoxy groups -OCH3 is 1. The number of ether oxygens (including phenoxy) is 2. The fraction of sp³-hybridized carbons (Fsp3) is 0.333. The molecule has 0 aromatic heterocycles. The number of hydrogen-bond acceptors (Lipinski definition) is 6. The van der Waals surface area contributed by atoms with E-state index in [1.165, 1.54) is 23.5 Å². The van der Waals surface area contributed by atoms with Gasteiger partial charge < -0.3 is 14.8 Å². The Morgan fingerprint density at radius 1 is 1.03 bits per heavy atom. The highest BCUT2D eigenvalue weighted by atomic mass is 32.2. The lowest BCUT2D eigenvalue weighted by atomic mass is 10.2. The van der Waals surface area contributed by atoms with Gasteiger partial charge in [-0.2, -0.15) is 4.31 Å². The summed E-state index contributed by atoms with van der Waals surface area (Å²) < 4.78 is 37.5. The van der Waals surface area contributed by atoms with E-state index in [2.05, 4.69) is 10.6 Å². The lowest BCUT2D eigenvalue weighted by Crippen LogP contribution is -2.37. The summed E-state index contributed by atoms with van der Waals surface area (Å²) >= 11 is 5.15. The average Bonchev–Trinajstić information content (AvgIpc) is 2.78. The van der Waals surface area contributed by atoms with E-state index in [4.69, 9.17) is 21.7 Å². The van der Waals surface area contributed by atoms with Crippen LogP contribution in [0.15, 0.2) is 53.4 Å². The molecule has 166 valence electrons. The van der Waals surface area contributed by atoms with Gasteiger partial charge in [0, 0.05) is 18.8 Å². The molecule has 10 heteroatoms. The van der Waals surface area contributed by atoms with Crippen LogP contribution in [-0.4, -0.2) is 50.5 Å². The molecular weight excluding hydrogens is 438 g/mol. The predicted octanol–water partition coefficient (Wildman–Crippen LogP) is 2.76. The van der Waals surface area contributed by atoms with E-state index in [9.17, 15) is 13.2 Å². The smallest absolute Gasteiger partial charge is 0.264 e. The summed E-state index contributed by atoms with van der Waals surface area (Å²) in [6, 6.07) is 13.3. The maximum atomic E-state index is 12.7. The highest BCUT2D eigenvalue weighted by Crippen LogP contribution is 2.25. The first-order valence-corrected chi connectivity index (χ1v) is 11.7. The number of thiocarbonyl (C=S) groups is 1. The quantitative estimate of drug-likeness (QED) is 0.610. The van der Waals surface area contributed by atoms with Crippen LogP contribution >= 0.6 is 12.2 Å². The van der Waals surface area contributed by atoms with Crippen molar-refractivity contribution in [3.63, 3.8) is 0 Å². The summed E-state index contributed by atoms with van der Waals surface area (Å²) in [6.07, 6.45) is 2.82. The Bertz CT molecular complexity index is 1020. The van der Waals surface area contributed by atoms with E-state index >= 15 is 0 Å². The summed E-state index contributed by atoms with van der Waals surface area (Å²) in [4.78, 5) is 12.3. The second kappa shape index (κ2) is 10.6. The van der Waals surface area contributed by atoms with Crippen LogP contribution in [0.25, 0.3) is 0 Å². The number of nitrogens with zero attached hydrogens (tertiary/aromatic N) is 1. The average molecular weight is 464 g/mol. The number of benzene rings is 2. The fourth-order valence-electron chi connectivity index (χ4n) is 3.17. The molecule has 8 nitrogen and oxygen atoms in total. The largest absolute Gasteiger partial charge is 0.493 e.